The molecule has 2 N–H and O–H groups in total. The molecule has 0 fully saturated rings. The van der Waals surface area contributed by atoms with E-state index < -0.39 is 5.97 Å². The number of hydrogen-bond donors (Lipinski definition) is 2. The topological polar surface area (TPSA) is 69.6 Å². The van der Waals surface area contributed by atoms with Gasteiger partial charge < -0.3 is 15.3 Å². The Morgan fingerprint density at radius 3 is 2.95 bits per heavy atom. The van der Waals surface area contributed by atoms with Crippen LogP contribution in [0.1, 0.15) is 17.0 Å². The Labute approximate surface area is 116 Å². The van der Waals surface area contributed by atoms with Gasteiger partial charge in [-0.15, -0.1) is 0 Å². The molecule has 1 unspecified atom stereocenters. The third-order valence-electron chi connectivity index (χ3n) is 3.19. The highest BCUT2D eigenvalue weighted by molar-refractivity contribution is 6.30. The number of carboxylic acid groups (broad SMARTS) is 1. The smallest absolute Gasteiger partial charge is 0.323 e. The van der Waals surface area contributed by atoms with Gasteiger partial charge in [0.05, 0.1) is 5.92 Å². The van der Waals surface area contributed by atoms with E-state index in [1.165, 1.54) is 11.9 Å². The van der Waals surface area contributed by atoms with Crippen molar-refractivity contribution in [2.45, 2.75) is 12.5 Å². The maximum atomic E-state index is 12.3. The number of hydrogen-bond acceptors (Lipinski definition) is 3. The van der Waals surface area contributed by atoms with Crippen LogP contribution in [-0.4, -0.2) is 42.0 Å². The van der Waals surface area contributed by atoms with Crippen LogP contribution < -0.4 is 5.32 Å². The Morgan fingerprint density at radius 2 is 2.26 bits per heavy atom. The normalized spacial score (nSPS) is 17.7. The molecule has 1 amide bonds. The molecule has 0 saturated carbocycles. The van der Waals surface area contributed by atoms with Gasteiger partial charge in [-0.2, -0.15) is 0 Å². The van der Waals surface area contributed by atoms with E-state index in [0.717, 1.165) is 11.1 Å². The van der Waals surface area contributed by atoms with Crippen molar-refractivity contribution in [1.29, 1.82) is 0 Å². The summed E-state index contributed by atoms with van der Waals surface area (Å²) >= 11 is 5.93. The minimum atomic E-state index is -1.02. The van der Waals surface area contributed by atoms with Crippen molar-refractivity contribution in [3.63, 3.8) is 0 Å². The van der Waals surface area contributed by atoms with E-state index in [1.54, 1.807) is 6.07 Å². The fraction of sp³-hybridized carbons (Fsp3) is 0.385. The molecule has 1 aromatic carbocycles. The average Bonchev–Trinajstić information content (AvgIpc) is 2.36. The predicted octanol–water partition coefficient (Wildman–Crippen LogP) is 1.07. The SMILES string of the molecule is CN(CC(=O)O)C(=O)C1CNCc2cc(Cl)ccc21. The van der Waals surface area contributed by atoms with Crippen LogP contribution >= 0.6 is 11.6 Å². The molecule has 0 radical (unpaired) electrons. The number of fused-ring (bicyclic) bond motifs is 1. The number of nitrogens with one attached hydrogen (secondary N) is 1. The molecule has 0 bridgehead atoms. The van der Waals surface area contributed by atoms with E-state index in [4.69, 9.17) is 16.7 Å². The monoisotopic (exact) mass is 282 g/mol. The Balaban J connectivity index is 2.23. The summed E-state index contributed by atoms with van der Waals surface area (Å²) in [6.07, 6.45) is 0. The number of amides is 1. The fourth-order valence-corrected chi connectivity index (χ4v) is 2.49. The molecule has 0 spiro atoms. The lowest BCUT2D eigenvalue weighted by Gasteiger charge is -2.28. The van der Waals surface area contributed by atoms with Crippen LogP contribution in [0.15, 0.2) is 18.2 Å². The van der Waals surface area contributed by atoms with Crippen molar-refractivity contribution in [3.05, 3.63) is 34.3 Å². The van der Waals surface area contributed by atoms with Gasteiger partial charge in [0.1, 0.15) is 6.54 Å². The van der Waals surface area contributed by atoms with Gasteiger partial charge in [-0.25, -0.2) is 0 Å². The maximum absolute atomic E-state index is 12.3. The summed E-state index contributed by atoms with van der Waals surface area (Å²) in [6.45, 7) is 0.887. The van der Waals surface area contributed by atoms with Crippen LogP contribution in [0.25, 0.3) is 0 Å². The lowest BCUT2D eigenvalue weighted by Crippen LogP contribution is -2.41. The van der Waals surface area contributed by atoms with Gasteiger partial charge in [-0.05, 0) is 23.3 Å². The number of carbonyl (C=O) groups is 2. The molecular formula is C13H15ClN2O3. The molecule has 1 heterocycles. The standard InChI is InChI=1S/C13H15ClN2O3/c1-16(7-12(17)18)13(19)11-6-15-5-8-4-9(14)2-3-10(8)11/h2-4,11,15H,5-7H2,1H3,(H,17,18). The quantitative estimate of drug-likeness (QED) is 0.870. The van der Waals surface area contributed by atoms with Crippen molar-refractivity contribution >= 4 is 23.5 Å². The Morgan fingerprint density at radius 1 is 1.53 bits per heavy atom. The number of likely N-dealkylation sites (N-methyl/N-ethyl adjacent to an activating group) is 1. The Kier molecular flexibility index (Phi) is 4.07. The lowest BCUT2D eigenvalue weighted by atomic mass is 9.90. The first-order valence-electron chi connectivity index (χ1n) is 5.95. The highest BCUT2D eigenvalue weighted by Gasteiger charge is 2.29. The van der Waals surface area contributed by atoms with E-state index in [1.807, 2.05) is 12.1 Å². The summed E-state index contributed by atoms with van der Waals surface area (Å²) in [5.41, 5.74) is 1.91. The van der Waals surface area contributed by atoms with Crippen molar-refractivity contribution in [3.8, 4) is 0 Å². The Bertz CT molecular complexity index is 519. The van der Waals surface area contributed by atoms with E-state index in [2.05, 4.69) is 5.32 Å². The number of aliphatic carboxylic acids is 1. The minimum absolute atomic E-state index is 0.196. The number of halogens is 1. The average molecular weight is 283 g/mol. The van der Waals surface area contributed by atoms with Crippen LogP contribution in [0.3, 0.4) is 0 Å². The molecule has 1 atom stereocenters. The Hall–Kier alpha value is -1.59. The third-order valence-corrected chi connectivity index (χ3v) is 3.43. The summed E-state index contributed by atoms with van der Waals surface area (Å²) in [6, 6.07) is 5.43. The molecule has 1 aromatic rings. The summed E-state index contributed by atoms with van der Waals surface area (Å²) < 4.78 is 0. The van der Waals surface area contributed by atoms with Crippen molar-refractivity contribution in [2.24, 2.45) is 0 Å². The first-order valence-corrected chi connectivity index (χ1v) is 6.32. The second-order valence-corrected chi connectivity index (χ2v) is 5.05. The van der Waals surface area contributed by atoms with Crippen LogP contribution in [0.2, 0.25) is 5.02 Å². The second kappa shape index (κ2) is 5.59. The van der Waals surface area contributed by atoms with Gasteiger partial charge in [0.2, 0.25) is 5.91 Å². The van der Waals surface area contributed by atoms with Gasteiger partial charge in [0.15, 0.2) is 0 Å². The van der Waals surface area contributed by atoms with Crippen LogP contribution in [0, 0.1) is 0 Å². The van der Waals surface area contributed by atoms with Gasteiger partial charge in [0.25, 0.3) is 0 Å². The first-order chi connectivity index (χ1) is 8.99. The molecule has 0 aliphatic carbocycles. The summed E-state index contributed by atoms with van der Waals surface area (Å²) in [5.74, 6) is -1.57. The molecule has 2 rings (SSSR count). The zero-order valence-corrected chi connectivity index (χ0v) is 11.3. The first kappa shape index (κ1) is 13.8. The summed E-state index contributed by atoms with van der Waals surface area (Å²) in [7, 11) is 1.50. The van der Waals surface area contributed by atoms with E-state index in [9.17, 15) is 9.59 Å². The third kappa shape index (κ3) is 3.05. The van der Waals surface area contributed by atoms with Gasteiger partial charge in [0, 0.05) is 25.2 Å². The van der Waals surface area contributed by atoms with Crippen molar-refractivity contribution < 1.29 is 14.7 Å². The highest BCUT2D eigenvalue weighted by atomic mass is 35.5. The molecule has 102 valence electrons. The zero-order chi connectivity index (χ0) is 14.0. The molecular weight excluding hydrogens is 268 g/mol. The van der Waals surface area contributed by atoms with Crippen LogP contribution in [-0.2, 0) is 16.1 Å². The van der Waals surface area contributed by atoms with Crippen LogP contribution in [0.5, 0.6) is 0 Å². The largest absolute Gasteiger partial charge is 0.480 e. The molecule has 6 heteroatoms. The van der Waals surface area contributed by atoms with Gasteiger partial charge >= 0.3 is 5.97 Å². The number of rotatable bonds is 3. The van der Waals surface area contributed by atoms with Gasteiger partial charge in [-0.3, -0.25) is 9.59 Å². The van der Waals surface area contributed by atoms with Gasteiger partial charge in [-0.1, -0.05) is 17.7 Å². The van der Waals surface area contributed by atoms with Crippen LogP contribution in [0.4, 0.5) is 0 Å². The summed E-state index contributed by atoms with van der Waals surface area (Å²) in [5, 5.41) is 12.5. The number of carbonyl (C=O) groups excluding carboxylic acids is 1. The molecule has 5 nitrogen and oxygen atoms in total. The molecule has 1 aliphatic rings. The zero-order valence-electron chi connectivity index (χ0n) is 10.5. The number of carboxylic acids is 1. The molecule has 0 aromatic heterocycles. The van der Waals surface area contributed by atoms with Crippen molar-refractivity contribution in [1.82, 2.24) is 10.2 Å². The maximum Gasteiger partial charge on any atom is 0.323 e. The highest BCUT2D eigenvalue weighted by Crippen LogP contribution is 2.27. The van der Waals surface area contributed by atoms with E-state index >= 15 is 0 Å². The van der Waals surface area contributed by atoms with Crippen molar-refractivity contribution in [2.75, 3.05) is 20.1 Å². The molecule has 0 saturated heterocycles. The van der Waals surface area contributed by atoms with E-state index in [-0.39, 0.29) is 18.4 Å². The second-order valence-electron chi connectivity index (χ2n) is 4.61. The summed E-state index contributed by atoms with van der Waals surface area (Å²) in [4.78, 5) is 24.2. The van der Waals surface area contributed by atoms with E-state index in [0.29, 0.717) is 18.1 Å². The molecule has 19 heavy (non-hydrogen) atoms. The minimum Gasteiger partial charge on any atom is -0.480 e. The number of benzene rings is 1. The predicted molar refractivity (Wildman–Crippen MR) is 71.2 cm³/mol. The number of nitrogens with zero attached hydrogens (tertiary/aromatic N) is 1. The molecule has 1 aliphatic heterocycles. The fourth-order valence-electron chi connectivity index (χ4n) is 2.30. The lowest BCUT2D eigenvalue weighted by molar-refractivity contribution is -0.144.